The second-order valence-electron chi connectivity index (χ2n) is 6.06. The van der Waals surface area contributed by atoms with E-state index in [1.165, 1.54) is 44.9 Å². The maximum Gasteiger partial charge on any atom is 0.169 e. The van der Waals surface area contributed by atoms with E-state index in [0.717, 1.165) is 31.6 Å². The van der Waals surface area contributed by atoms with Crippen molar-refractivity contribution in [2.24, 2.45) is 11.8 Å². The van der Waals surface area contributed by atoms with Gasteiger partial charge in [0.25, 0.3) is 0 Å². The molecule has 2 aliphatic carbocycles. The summed E-state index contributed by atoms with van der Waals surface area (Å²) in [6.07, 6.45) is 9.93. The minimum Gasteiger partial charge on any atom is -0.352 e. The van der Waals surface area contributed by atoms with Gasteiger partial charge in [-0.2, -0.15) is 0 Å². The van der Waals surface area contributed by atoms with E-state index in [4.69, 9.17) is 9.47 Å². The van der Waals surface area contributed by atoms with Crippen LogP contribution in [0.1, 0.15) is 58.8 Å². The summed E-state index contributed by atoms with van der Waals surface area (Å²) in [5.74, 6) is 2.01. The molecule has 2 aliphatic rings. The third-order valence-corrected chi connectivity index (χ3v) is 4.82. The third kappa shape index (κ3) is 4.73. The molecule has 0 amide bonds. The Balaban J connectivity index is 1.70. The van der Waals surface area contributed by atoms with Gasteiger partial charge in [-0.1, -0.05) is 25.7 Å². The van der Waals surface area contributed by atoms with Crippen LogP contribution in [0.15, 0.2) is 0 Å². The maximum absolute atomic E-state index is 5.60. The van der Waals surface area contributed by atoms with E-state index in [0.29, 0.717) is 6.04 Å². The lowest BCUT2D eigenvalue weighted by Gasteiger charge is -2.40. The fourth-order valence-corrected chi connectivity index (χ4v) is 3.86. The number of hydrogen-bond acceptors (Lipinski definition) is 3. The van der Waals surface area contributed by atoms with Crippen molar-refractivity contribution in [2.45, 2.75) is 71.1 Å². The average Bonchev–Trinajstić information content (AvgIpc) is 2.45. The van der Waals surface area contributed by atoms with Gasteiger partial charge >= 0.3 is 0 Å². The van der Waals surface area contributed by atoms with Crippen LogP contribution in [-0.4, -0.2) is 32.1 Å². The van der Waals surface area contributed by atoms with Crippen molar-refractivity contribution in [1.82, 2.24) is 5.32 Å². The van der Waals surface area contributed by atoms with Crippen LogP contribution in [0, 0.1) is 11.8 Å². The van der Waals surface area contributed by atoms with Gasteiger partial charge in [0.05, 0.1) is 0 Å². The molecule has 0 aromatic heterocycles. The van der Waals surface area contributed by atoms with E-state index >= 15 is 0 Å². The van der Waals surface area contributed by atoms with Crippen molar-refractivity contribution < 1.29 is 9.47 Å². The topological polar surface area (TPSA) is 30.5 Å². The normalized spacial score (nSPS) is 31.4. The minimum atomic E-state index is -0.0703. The molecule has 3 atom stereocenters. The predicted molar refractivity (Wildman–Crippen MR) is 78.1 cm³/mol. The predicted octanol–water partition coefficient (Wildman–Crippen LogP) is 3.33. The third-order valence-electron chi connectivity index (χ3n) is 4.82. The van der Waals surface area contributed by atoms with E-state index in [2.05, 4.69) is 5.32 Å². The smallest absolute Gasteiger partial charge is 0.169 e. The summed E-state index contributed by atoms with van der Waals surface area (Å²) in [4.78, 5) is 0. The SMILES string of the molecule is CCOC(CNC1CCC2CCCCC2C1)OCC. The van der Waals surface area contributed by atoms with E-state index in [-0.39, 0.29) is 6.29 Å². The highest BCUT2D eigenvalue weighted by molar-refractivity contribution is 4.86. The molecule has 19 heavy (non-hydrogen) atoms. The fraction of sp³-hybridized carbons (Fsp3) is 1.00. The van der Waals surface area contributed by atoms with Crippen molar-refractivity contribution in [2.75, 3.05) is 19.8 Å². The van der Waals surface area contributed by atoms with E-state index < -0.39 is 0 Å². The summed E-state index contributed by atoms with van der Waals surface area (Å²) in [5.41, 5.74) is 0. The van der Waals surface area contributed by atoms with Gasteiger partial charge in [0.1, 0.15) is 0 Å². The summed E-state index contributed by atoms with van der Waals surface area (Å²) < 4.78 is 11.2. The van der Waals surface area contributed by atoms with Crippen molar-refractivity contribution in [3.63, 3.8) is 0 Å². The summed E-state index contributed by atoms with van der Waals surface area (Å²) >= 11 is 0. The second kappa shape index (κ2) is 8.23. The lowest BCUT2D eigenvalue weighted by Crippen LogP contribution is -2.43. The first-order valence-electron chi connectivity index (χ1n) is 8.30. The Morgan fingerprint density at radius 3 is 2.32 bits per heavy atom. The Morgan fingerprint density at radius 1 is 0.947 bits per heavy atom. The molecule has 0 radical (unpaired) electrons. The number of rotatable bonds is 7. The van der Waals surface area contributed by atoms with Crippen molar-refractivity contribution in [1.29, 1.82) is 0 Å². The zero-order valence-corrected chi connectivity index (χ0v) is 12.7. The minimum absolute atomic E-state index is 0.0703. The molecule has 3 nitrogen and oxygen atoms in total. The van der Waals surface area contributed by atoms with E-state index in [9.17, 15) is 0 Å². The van der Waals surface area contributed by atoms with Crippen LogP contribution in [0.4, 0.5) is 0 Å². The first-order chi connectivity index (χ1) is 9.33. The molecule has 0 heterocycles. The summed E-state index contributed by atoms with van der Waals surface area (Å²) in [6, 6.07) is 0.683. The van der Waals surface area contributed by atoms with Crippen LogP contribution in [-0.2, 0) is 9.47 Å². The fourth-order valence-electron chi connectivity index (χ4n) is 3.86. The van der Waals surface area contributed by atoms with Crippen molar-refractivity contribution in [3.05, 3.63) is 0 Å². The van der Waals surface area contributed by atoms with E-state index in [1.54, 1.807) is 0 Å². The van der Waals surface area contributed by atoms with Crippen LogP contribution >= 0.6 is 0 Å². The quantitative estimate of drug-likeness (QED) is 0.719. The lowest BCUT2D eigenvalue weighted by molar-refractivity contribution is -0.134. The van der Waals surface area contributed by atoms with Gasteiger partial charge in [0.15, 0.2) is 6.29 Å². The van der Waals surface area contributed by atoms with Crippen molar-refractivity contribution >= 4 is 0 Å². The molecule has 0 aromatic rings. The van der Waals surface area contributed by atoms with Gasteiger partial charge in [-0.15, -0.1) is 0 Å². The largest absolute Gasteiger partial charge is 0.352 e. The van der Waals surface area contributed by atoms with Crippen LogP contribution in [0.3, 0.4) is 0 Å². The standard InChI is InChI=1S/C16H31NO2/c1-3-18-16(19-4-2)12-17-15-10-9-13-7-5-6-8-14(13)11-15/h13-17H,3-12H2,1-2H3. The van der Waals surface area contributed by atoms with Crippen molar-refractivity contribution in [3.8, 4) is 0 Å². The highest BCUT2D eigenvalue weighted by Crippen LogP contribution is 2.40. The molecule has 2 rings (SSSR count). The van der Waals surface area contributed by atoms with Gasteiger partial charge in [-0.05, 0) is 44.9 Å². The Hall–Kier alpha value is -0.120. The summed E-state index contributed by atoms with van der Waals surface area (Å²) in [6.45, 7) is 6.34. The van der Waals surface area contributed by atoms with Crippen LogP contribution in [0.2, 0.25) is 0 Å². The maximum atomic E-state index is 5.60. The first-order valence-corrected chi connectivity index (χ1v) is 8.30. The van der Waals surface area contributed by atoms with Crippen LogP contribution in [0.25, 0.3) is 0 Å². The molecular weight excluding hydrogens is 238 g/mol. The van der Waals surface area contributed by atoms with Crippen LogP contribution in [0.5, 0.6) is 0 Å². The molecule has 2 fully saturated rings. The zero-order chi connectivity index (χ0) is 13.5. The zero-order valence-electron chi connectivity index (χ0n) is 12.7. The monoisotopic (exact) mass is 269 g/mol. The molecular formula is C16H31NO2. The molecule has 112 valence electrons. The number of nitrogens with one attached hydrogen (secondary N) is 1. The molecule has 0 aliphatic heterocycles. The highest BCUT2D eigenvalue weighted by Gasteiger charge is 2.32. The lowest BCUT2D eigenvalue weighted by atomic mass is 9.69. The molecule has 0 saturated heterocycles. The first kappa shape index (κ1) is 15.3. The van der Waals surface area contributed by atoms with Gasteiger partial charge in [0.2, 0.25) is 0 Å². The van der Waals surface area contributed by atoms with Gasteiger partial charge in [-0.25, -0.2) is 0 Å². The summed E-state index contributed by atoms with van der Waals surface area (Å²) in [7, 11) is 0. The second-order valence-corrected chi connectivity index (χ2v) is 6.06. The molecule has 0 bridgehead atoms. The Bertz CT molecular complexity index is 241. The molecule has 0 spiro atoms. The van der Waals surface area contributed by atoms with E-state index in [1.807, 2.05) is 13.8 Å². The molecule has 1 N–H and O–H groups in total. The van der Waals surface area contributed by atoms with Gasteiger partial charge in [-0.3, -0.25) is 0 Å². The molecule has 3 unspecified atom stereocenters. The highest BCUT2D eigenvalue weighted by atomic mass is 16.7. The van der Waals surface area contributed by atoms with Gasteiger partial charge in [0, 0.05) is 25.8 Å². The molecule has 3 heteroatoms. The Labute approximate surface area is 118 Å². The number of fused-ring (bicyclic) bond motifs is 1. The molecule has 0 aromatic carbocycles. The van der Waals surface area contributed by atoms with Gasteiger partial charge < -0.3 is 14.8 Å². The molecule has 2 saturated carbocycles. The average molecular weight is 269 g/mol. The number of hydrogen-bond donors (Lipinski definition) is 1. The van der Waals surface area contributed by atoms with Crippen LogP contribution < -0.4 is 5.32 Å². The Morgan fingerprint density at radius 2 is 1.63 bits per heavy atom. The summed E-state index contributed by atoms with van der Waals surface area (Å²) in [5, 5.41) is 3.67. The number of ether oxygens (including phenoxy) is 2. The Kier molecular flexibility index (Phi) is 6.62.